The fraction of sp³-hybridized carbons (Fsp3) is 0.538. The minimum atomic E-state index is -0.390. The van der Waals surface area contributed by atoms with Crippen LogP contribution < -0.4 is 5.32 Å². The fourth-order valence-electron chi connectivity index (χ4n) is 1.33. The van der Waals surface area contributed by atoms with E-state index >= 15 is 0 Å². The van der Waals surface area contributed by atoms with Crippen LogP contribution in [-0.4, -0.2) is 10.9 Å². The highest BCUT2D eigenvalue weighted by Crippen LogP contribution is 2.17. The molecule has 0 saturated carbocycles. The summed E-state index contributed by atoms with van der Waals surface area (Å²) in [5, 5.41) is 2.82. The summed E-state index contributed by atoms with van der Waals surface area (Å²) >= 11 is 0. The summed E-state index contributed by atoms with van der Waals surface area (Å²) in [6.07, 6.45) is 2.79. The Kier molecular flexibility index (Phi) is 3.68. The SMILES string of the molecule is CCc1cnc(NC(=O)C(C)(C)C)cc1C. The zero-order valence-corrected chi connectivity index (χ0v) is 10.7. The topological polar surface area (TPSA) is 42.0 Å². The maximum absolute atomic E-state index is 11.7. The third-order valence-electron chi connectivity index (χ3n) is 2.52. The Morgan fingerprint density at radius 2 is 2.06 bits per heavy atom. The van der Waals surface area contributed by atoms with Gasteiger partial charge in [-0.1, -0.05) is 27.7 Å². The molecule has 1 aromatic rings. The molecule has 1 heterocycles. The molecule has 3 heteroatoms. The number of nitrogens with zero attached hydrogens (tertiary/aromatic N) is 1. The molecule has 88 valence electrons. The average Bonchev–Trinajstić information content (AvgIpc) is 2.16. The minimum Gasteiger partial charge on any atom is -0.310 e. The second-order valence-corrected chi connectivity index (χ2v) is 5.05. The summed E-state index contributed by atoms with van der Waals surface area (Å²) in [6, 6.07) is 1.92. The smallest absolute Gasteiger partial charge is 0.230 e. The van der Waals surface area contributed by atoms with Crippen LogP contribution in [0.4, 0.5) is 5.82 Å². The van der Waals surface area contributed by atoms with Gasteiger partial charge in [-0.3, -0.25) is 4.79 Å². The van der Waals surface area contributed by atoms with Gasteiger partial charge in [0.05, 0.1) is 0 Å². The highest BCUT2D eigenvalue weighted by Gasteiger charge is 2.21. The van der Waals surface area contributed by atoms with Crippen LogP contribution in [-0.2, 0) is 11.2 Å². The van der Waals surface area contributed by atoms with Crippen molar-refractivity contribution in [2.45, 2.75) is 41.0 Å². The van der Waals surface area contributed by atoms with Gasteiger partial charge < -0.3 is 5.32 Å². The van der Waals surface area contributed by atoms with E-state index in [1.54, 1.807) is 0 Å². The highest BCUT2D eigenvalue weighted by atomic mass is 16.2. The van der Waals surface area contributed by atoms with Crippen molar-refractivity contribution in [3.05, 3.63) is 23.4 Å². The van der Waals surface area contributed by atoms with Gasteiger partial charge in [-0.25, -0.2) is 4.98 Å². The van der Waals surface area contributed by atoms with Crippen molar-refractivity contribution in [3.63, 3.8) is 0 Å². The summed E-state index contributed by atoms with van der Waals surface area (Å²) < 4.78 is 0. The molecule has 0 aliphatic heterocycles. The number of amides is 1. The molecule has 1 rings (SSSR count). The highest BCUT2D eigenvalue weighted by molar-refractivity contribution is 5.93. The molecule has 0 bridgehead atoms. The Hall–Kier alpha value is -1.38. The lowest BCUT2D eigenvalue weighted by Crippen LogP contribution is -2.28. The van der Waals surface area contributed by atoms with Gasteiger partial charge >= 0.3 is 0 Å². The van der Waals surface area contributed by atoms with E-state index in [-0.39, 0.29) is 11.3 Å². The number of carbonyl (C=O) groups excluding carboxylic acids is 1. The lowest BCUT2D eigenvalue weighted by atomic mass is 9.96. The van der Waals surface area contributed by atoms with Crippen LogP contribution in [0.2, 0.25) is 0 Å². The Bertz CT molecular complexity index is 391. The zero-order valence-electron chi connectivity index (χ0n) is 10.7. The normalized spacial score (nSPS) is 11.3. The third-order valence-corrected chi connectivity index (χ3v) is 2.52. The first-order valence-electron chi connectivity index (χ1n) is 5.61. The van der Waals surface area contributed by atoms with E-state index in [1.165, 1.54) is 11.1 Å². The summed E-state index contributed by atoms with van der Waals surface area (Å²) in [4.78, 5) is 16.0. The van der Waals surface area contributed by atoms with Crippen LogP contribution in [0.5, 0.6) is 0 Å². The number of rotatable bonds is 2. The van der Waals surface area contributed by atoms with E-state index < -0.39 is 0 Å². The number of hydrogen-bond acceptors (Lipinski definition) is 2. The van der Waals surface area contributed by atoms with Crippen LogP contribution >= 0.6 is 0 Å². The maximum atomic E-state index is 11.7. The van der Waals surface area contributed by atoms with Gasteiger partial charge in [0, 0.05) is 11.6 Å². The van der Waals surface area contributed by atoms with Crippen LogP contribution in [0.3, 0.4) is 0 Å². The van der Waals surface area contributed by atoms with E-state index in [9.17, 15) is 4.79 Å². The van der Waals surface area contributed by atoms with Crippen molar-refractivity contribution >= 4 is 11.7 Å². The predicted octanol–water partition coefficient (Wildman–Crippen LogP) is 2.94. The molecule has 0 radical (unpaired) electrons. The number of hydrogen-bond donors (Lipinski definition) is 1. The first kappa shape index (κ1) is 12.7. The Morgan fingerprint density at radius 1 is 1.44 bits per heavy atom. The van der Waals surface area contributed by atoms with Gasteiger partial charge in [-0.15, -0.1) is 0 Å². The van der Waals surface area contributed by atoms with Crippen LogP contribution in [0.15, 0.2) is 12.3 Å². The summed E-state index contributed by atoms with van der Waals surface area (Å²) in [5.41, 5.74) is 1.99. The molecule has 1 aromatic heterocycles. The van der Waals surface area contributed by atoms with Gasteiger partial charge in [-0.05, 0) is 30.5 Å². The molecular weight excluding hydrogens is 200 g/mol. The monoisotopic (exact) mass is 220 g/mol. The van der Waals surface area contributed by atoms with Crippen molar-refractivity contribution in [1.29, 1.82) is 0 Å². The second-order valence-electron chi connectivity index (χ2n) is 5.05. The van der Waals surface area contributed by atoms with Crippen LogP contribution in [0.1, 0.15) is 38.8 Å². The second kappa shape index (κ2) is 4.64. The standard InChI is InChI=1S/C13H20N2O/c1-6-10-8-14-11(7-9(10)2)15-12(16)13(3,4)5/h7-8H,6H2,1-5H3,(H,14,15,16). The van der Waals surface area contributed by atoms with E-state index in [1.807, 2.05) is 40.0 Å². The molecule has 0 aromatic carbocycles. The first-order valence-corrected chi connectivity index (χ1v) is 5.61. The van der Waals surface area contributed by atoms with E-state index in [0.29, 0.717) is 5.82 Å². The Labute approximate surface area is 97.3 Å². The van der Waals surface area contributed by atoms with Gasteiger partial charge in [0.15, 0.2) is 0 Å². The number of carbonyl (C=O) groups is 1. The summed E-state index contributed by atoms with van der Waals surface area (Å²) in [6.45, 7) is 9.78. The molecule has 0 atom stereocenters. The maximum Gasteiger partial charge on any atom is 0.230 e. The molecule has 1 N–H and O–H groups in total. The summed E-state index contributed by atoms with van der Waals surface area (Å²) in [7, 11) is 0. The summed E-state index contributed by atoms with van der Waals surface area (Å²) in [5.74, 6) is 0.623. The van der Waals surface area contributed by atoms with Crippen molar-refractivity contribution in [3.8, 4) is 0 Å². The first-order chi connectivity index (χ1) is 7.34. The molecule has 16 heavy (non-hydrogen) atoms. The Morgan fingerprint density at radius 3 is 2.50 bits per heavy atom. The lowest BCUT2D eigenvalue weighted by Gasteiger charge is -2.17. The van der Waals surface area contributed by atoms with E-state index in [0.717, 1.165) is 6.42 Å². The van der Waals surface area contributed by atoms with E-state index in [2.05, 4.69) is 17.2 Å². The van der Waals surface area contributed by atoms with Gasteiger partial charge in [-0.2, -0.15) is 0 Å². The number of pyridine rings is 1. The lowest BCUT2D eigenvalue weighted by molar-refractivity contribution is -0.123. The van der Waals surface area contributed by atoms with Crippen molar-refractivity contribution < 1.29 is 4.79 Å². The molecule has 0 aliphatic rings. The molecule has 3 nitrogen and oxygen atoms in total. The van der Waals surface area contributed by atoms with Crippen molar-refractivity contribution in [1.82, 2.24) is 4.98 Å². The zero-order chi connectivity index (χ0) is 12.3. The van der Waals surface area contributed by atoms with Crippen molar-refractivity contribution in [2.75, 3.05) is 5.32 Å². The average molecular weight is 220 g/mol. The number of nitrogens with one attached hydrogen (secondary N) is 1. The fourth-order valence-corrected chi connectivity index (χ4v) is 1.33. The molecule has 0 spiro atoms. The Balaban J connectivity index is 2.84. The minimum absolute atomic E-state index is 0.0105. The number of aryl methyl sites for hydroxylation is 2. The molecule has 0 unspecified atom stereocenters. The van der Waals surface area contributed by atoms with Gasteiger partial charge in [0.2, 0.25) is 5.91 Å². The predicted molar refractivity (Wildman–Crippen MR) is 66.4 cm³/mol. The molecule has 0 aliphatic carbocycles. The number of anilines is 1. The van der Waals surface area contributed by atoms with Crippen LogP contribution in [0.25, 0.3) is 0 Å². The van der Waals surface area contributed by atoms with E-state index in [4.69, 9.17) is 0 Å². The van der Waals surface area contributed by atoms with Gasteiger partial charge in [0.25, 0.3) is 0 Å². The largest absolute Gasteiger partial charge is 0.310 e. The molecule has 0 fully saturated rings. The van der Waals surface area contributed by atoms with Crippen LogP contribution in [0, 0.1) is 12.3 Å². The molecule has 0 saturated heterocycles. The van der Waals surface area contributed by atoms with Crippen molar-refractivity contribution in [2.24, 2.45) is 5.41 Å². The molecule has 1 amide bonds. The van der Waals surface area contributed by atoms with Gasteiger partial charge in [0.1, 0.15) is 5.82 Å². The quantitative estimate of drug-likeness (QED) is 0.832. The number of aromatic nitrogens is 1. The molecular formula is C13H20N2O. The third kappa shape index (κ3) is 3.05.